The highest BCUT2D eigenvalue weighted by Crippen LogP contribution is 2.33. The Morgan fingerprint density at radius 1 is 0.290 bits per heavy atom. The summed E-state index contributed by atoms with van der Waals surface area (Å²) < 4.78 is 39.0. The second-order valence-electron chi connectivity index (χ2n) is 29.5. The van der Waals surface area contributed by atoms with Crippen LogP contribution in [0.5, 0.6) is 40.2 Å². The molecule has 0 spiro atoms. The average Bonchev–Trinajstić information content (AvgIpc) is 1.82. The van der Waals surface area contributed by atoms with E-state index in [-0.39, 0.29) is 81.3 Å². The van der Waals surface area contributed by atoms with Crippen LogP contribution in [-0.4, -0.2) is 144 Å². The Balaban J connectivity index is 0.000000207. The lowest BCUT2D eigenvalue weighted by atomic mass is 10.1. The van der Waals surface area contributed by atoms with Crippen molar-refractivity contribution < 1.29 is 91.3 Å². The minimum atomic E-state index is -0.528. The standard InChI is InChI=1S/2C17H16N2O4.2C16H14N2O4.C14H14N2O2.C13H11N3O4.C13H12N2O2/c1-12(17(20)18-14-6-4-3-5-7-14)10-13-8-9-15(23-2)11-16(13)19(21)22;1-12(17(20)18-14-6-4-3-5-7-14)10-13-8-9-16(23-2)15(11-13)19(21)22;1-22-14-9-7-12(15(11-14)18(20)21)8-10-16(19)17-13-5-3-2-4-6-13;1-22-15-9-7-12(11-14(15)18(20)21)8-10-16(19)17-13-5-3-2-4-6-13;1-11(14(17)16-8-7-15-10-16)9-12-3-5-13(18-2)6-4-12;1-20-11-4-2-10(12(8-11)16(18)19)3-5-13(17)15-7-6-14-9-15;1-17-12-5-2-11(3-6-12)4-7-13(16)15-9-8-14-10-15/h2*3-11H,1-2H3,(H,18,20);2*2-11H,1H3,(H,17,19);3-10H,1-2H3;2-9H,1H3;2-10H,1H3/b2*12-10+;2*10-8+;11-9+;5-3+;7-4+. The predicted molar refractivity (Wildman–Crippen MR) is 550 cm³/mol. The number of hydrogen-bond donors (Lipinski definition) is 4. The van der Waals surface area contributed by atoms with Crippen LogP contribution < -0.4 is 54.4 Å². The lowest BCUT2D eigenvalue weighted by molar-refractivity contribution is -0.385. The number of rotatable bonds is 30. The number of nitro groups is 5. The number of nitro benzene ring substituents is 5. The maximum atomic E-state index is 12.1. The van der Waals surface area contributed by atoms with Crippen molar-refractivity contribution in [3.8, 4) is 40.2 Å². The molecule has 740 valence electrons. The number of ether oxygens (including phenoxy) is 7. The van der Waals surface area contributed by atoms with Gasteiger partial charge in [-0.25, -0.2) is 15.0 Å². The van der Waals surface area contributed by atoms with Gasteiger partial charge in [-0.2, -0.15) is 0 Å². The van der Waals surface area contributed by atoms with Crippen molar-refractivity contribution in [2.75, 3.05) is 71.0 Å². The van der Waals surface area contributed by atoms with E-state index in [4.69, 9.17) is 33.2 Å². The molecule has 14 aromatic rings. The lowest BCUT2D eigenvalue weighted by Gasteiger charge is -2.06. The Morgan fingerprint density at radius 3 is 0.966 bits per heavy atom. The molecule has 4 amide bonds. The van der Waals surface area contributed by atoms with Gasteiger partial charge < -0.3 is 54.4 Å². The second kappa shape index (κ2) is 57.7. The summed E-state index contributed by atoms with van der Waals surface area (Å²) in [6.07, 6.45) is 30.0. The number of carbonyl (C=O) groups excluding carboxylic acids is 7. The highest BCUT2D eigenvalue weighted by Gasteiger charge is 2.21. The molecule has 0 saturated heterocycles. The van der Waals surface area contributed by atoms with E-state index in [2.05, 4.69) is 36.2 Å². The van der Waals surface area contributed by atoms with Crippen molar-refractivity contribution in [1.29, 1.82) is 0 Å². The third-order valence-electron chi connectivity index (χ3n) is 19.6. The van der Waals surface area contributed by atoms with Crippen LogP contribution in [0.2, 0.25) is 0 Å². The number of hydrogen-bond acceptors (Lipinski definition) is 27. The minimum Gasteiger partial charge on any atom is -0.497 e. The van der Waals surface area contributed by atoms with Gasteiger partial charge in [0.15, 0.2) is 11.5 Å². The maximum Gasteiger partial charge on any atom is 0.311 e. The molecular formula is C106H97N15O24. The highest BCUT2D eigenvalue weighted by molar-refractivity contribution is 6.08. The Bertz CT molecular complexity index is 7000. The Kier molecular flexibility index (Phi) is 43.8. The Morgan fingerprint density at radius 2 is 0.593 bits per heavy atom. The molecule has 0 aliphatic carbocycles. The van der Waals surface area contributed by atoms with Crippen molar-refractivity contribution in [3.63, 3.8) is 0 Å². The van der Waals surface area contributed by atoms with E-state index in [0.29, 0.717) is 84.5 Å². The van der Waals surface area contributed by atoms with Crippen molar-refractivity contribution in [1.82, 2.24) is 28.7 Å². The zero-order valence-electron chi connectivity index (χ0n) is 79.6. The van der Waals surface area contributed by atoms with Crippen molar-refractivity contribution in [2.24, 2.45) is 0 Å². The first-order chi connectivity index (χ1) is 69.8. The van der Waals surface area contributed by atoms with Crippen LogP contribution in [0.3, 0.4) is 0 Å². The zero-order valence-corrected chi connectivity index (χ0v) is 79.6. The number of aromatic nitrogens is 6. The quantitative estimate of drug-likeness (QED) is 0.0184. The molecule has 39 nitrogen and oxygen atoms in total. The van der Waals surface area contributed by atoms with Crippen molar-refractivity contribution in [2.45, 2.75) is 20.8 Å². The lowest BCUT2D eigenvalue weighted by Crippen LogP contribution is -2.12. The average molecular weight is 1970 g/mol. The molecular weight excluding hydrogens is 1870 g/mol. The highest BCUT2D eigenvalue weighted by atomic mass is 16.6. The molecule has 0 aliphatic heterocycles. The first-order valence-electron chi connectivity index (χ1n) is 43.0. The summed E-state index contributed by atoms with van der Waals surface area (Å²) in [4.78, 5) is 147. The predicted octanol–water partition coefficient (Wildman–Crippen LogP) is 20.8. The van der Waals surface area contributed by atoms with Gasteiger partial charge >= 0.3 is 11.4 Å². The Hall–Kier alpha value is -20.3. The first kappa shape index (κ1) is 110. The smallest absolute Gasteiger partial charge is 0.311 e. The van der Waals surface area contributed by atoms with Gasteiger partial charge in [-0.3, -0.25) is 97.8 Å². The van der Waals surface area contributed by atoms with E-state index in [1.54, 1.807) is 169 Å². The second-order valence-corrected chi connectivity index (χ2v) is 29.5. The summed E-state index contributed by atoms with van der Waals surface area (Å²) in [5, 5.41) is 66.0. The first-order valence-corrected chi connectivity index (χ1v) is 43.0. The molecule has 3 aromatic heterocycles. The van der Waals surface area contributed by atoms with E-state index in [1.807, 2.05) is 115 Å². The number of allylic oxidation sites excluding steroid dienone is 3. The number of carbonyl (C=O) groups is 7. The van der Waals surface area contributed by atoms with Crippen LogP contribution in [0.4, 0.5) is 51.2 Å². The normalized spacial score (nSPS) is 10.8. The summed E-state index contributed by atoms with van der Waals surface area (Å²) in [7, 11) is 10.3. The van der Waals surface area contributed by atoms with Crippen LogP contribution in [0.1, 0.15) is 74.1 Å². The Labute approximate surface area is 830 Å². The molecule has 11 aromatic carbocycles. The molecule has 3 heterocycles. The molecule has 0 radical (unpaired) electrons. The fourth-order valence-corrected chi connectivity index (χ4v) is 12.2. The van der Waals surface area contributed by atoms with E-state index in [1.165, 1.54) is 184 Å². The number of imidazole rings is 3. The van der Waals surface area contributed by atoms with Crippen LogP contribution >= 0.6 is 0 Å². The topological polar surface area (TPSA) is 501 Å². The largest absolute Gasteiger partial charge is 0.497 e. The summed E-state index contributed by atoms with van der Waals surface area (Å²) in [6.45, 7) is 5.03. The van der Waals surface area contributed by atoms with E-state index in [0.717, 1.165) is 22.6 Å². The molecule has 14 rings (SSSR count). The van der Waals surface area contributed by atoms with E-state index >= 15 is 0 Å². The number of benzene rings is 11. The maximum absolute atomic E-state index is 12.1. The molecule has 0 fully saturated rings. The summed E-state index contributed by atoms with van der Waals surface area (Å²) >= 11 is 0. The van der Waals surface area contributed by atoms with Crippen LogP contribution in [-0.2, 0) is 19.2 Å². The fraction of sp³-hybridized carbons (Fsp3) is 0.0943. The number of nitrogens with one attached hydrogen (secondary N) is 4. The van der Waals surface area contributed by atoms with Crippen molar-refractivity contribution in [3.05, 3.63) is 448 Å². The summed E-state index contributed by atoms with van der Waals surface area (Å²) in [6, 6.07) is 73.4. The summed E-state index contributed by atoms with van der Waals surface area (Å²) in [5.74, 6) is 1.29. The van der Waals surface area contributed by atoms with E-state index < -0.39 is 24.6 Å². The number of nitrogens with zero attached hydrogens (tertiary/aromatic N) is 11. The number of para-hydroxylation sites is 4. The summed E-state index contributed by atoms with van der Waals surface area (Å²) in [5.41, 5.74) is 7.47. The number of methoxy groups -OCH3 is 7. The van der Waals surface area contributed by atoms with Gasteiger partial charge in [0.1, 0.15) is 47.7 Å². The minimum absolute atomic E-state index is 0.0803. The van der Waals surface area contributed by atoms with Crippen LogP contribution in [0, 0.1) is 50.6 Å². The third-order valence-corrected chi connectivity index (χ3v) is 19.6. The van der Waals surface area contributed by atoms with Gasteiger partial charge in [0.25, 0.3) is 46.6 Å². The molecule has 4 N–H and O–H groups in total. The fourth-order valence-electron chi connectivity index (χ4n) is 12.2. The molecule has 0 unspecified atom stereocenters. The SMILES string of the molecule is COc1ccc(/C=C(\C)C(=O)Nc2ccccc2)c([N+](=O)[O-])c1.COc1ccc(/C=C(\C)C(=O)Nc2ccccc2)cc1[N+](=O)[O-].COc1ccc(/C=C(\C)C(=O)n2ccnc2)cc1.COc1ccc(/C=C/C(=O)Nc2ccccc2)c([N+](=O)[O-])c1.COc1ccc(/C=C/C(=O)Nc2ccccc2)cc1[N+](=O)[O-].COc1ccc(/C=C/C(=O)n2ccnc2)c([N+](=O)[O-])c1.COc1ccc(/C=C/C(=O)n2ccnc2)cc1. The van der Waals surface area contributed by atoms with Crippen LogP contribution in [0.25, 0.3) is 42.5 Å². The molecule has 145 heavy (non-hydrogen) atoms. The third kappa shape index (κ3) is 36.6. The zero-order chi connectivity index (χ0) is 105. The van der Waals surface area contributed by atoms with E-state index in [9.17, 15) is 84.1 Å². The van der Waals surface area contributed by atoms with Crippen LogP contribution in [0.15, 0.2) is 358 Å². The molecule has 0 bridgehead atoms. The monoisotopic (exact) mass is 1960 g/mol. The molecule has 0 saturated carbocycles. The van der Waals surface area contributed by atoms with Gasteiger partial charge in [-0.1, -0.05) is 109 Å². The number of anilines is 4. The number of amides is 4. The van der Waals surface area contributed by atoms with Gasteiger partial charge in [0, 0.05) is 113 Å². The van der Waals surface area contributed by atoms with Gasteiger partial charge in [-0.15, -0.1) is 0 Å². The van der Waals surface area contributed by atoms with Crippen molar-refractivity contribution >= 4 is 135 Å². The van der Waals surface area contributed by atoms with Gasteiger partial charge in [0.05, 0.1) is 109 Å². The molecule has 0 atom stereocenters. The molecule has 0 aliphatic rings. The van der Waals surface area contributed by atoms with Gasteiger partial charge in [-0.05, 0) is 207 Å². The molecule has 39 heteroatoms. The van der Waals surface area contributed by atoms with Gasteiger partial charge in [0.2, 0.25) is 11.8 Å².